The van der Waals surface area contributed by atoms with E-state index in [2.05, 4.69) is 36.3 Å². The van der Waals surface area contributed by atoms with Crippen LogP contribution in [0.4, 0.5) is 5.69 Å². The number of amides is 2. The molecule has 0 spiro atoms. The van der Waals surface area contributed by atoms with Crippen molar-refractivity contribution in [3.05, 3.63) is 65.9 Å². The average molecular weight is 408 g/mol. The lowest BCUT2D eigenvalue weighted by molar-refractivity contribution is -0.120. The maximum atomic E-state index is 12.4. The first-order chi connectivity index (χ1) is 14.5. The second-order valence-corrected chi connectivity index (χ2v) is 7.35. The van der Waals surface area contributed by atoms with E-state index in [1.165, 1.54) is 0 Å². The largest absolute Gasteiger partial charge is 0.451 e. The summed E-state index contributed by atoms with van der Waals surface area (Å²) in [6.07, 6.45) is 0.308. The number of hydrogen-bond acceptors (Lipinski definition) is 4. The summed E-state index contributed by atoms with van der Waals surface area (Å²) in [4.78, 5) is 27.0. The number of likely N-dealkylation sites (N-methyl/N-ethyl adjacent to an activating group) is 1. The molecule has 2 N–H and O–H groups in total. The molecule has 0 aliphatic carbocycles. The molecule has 1 aromatic heterocycles. The molecule has 30 heavy (non-hydrogen) atoms. The van der Waals surface area contributed by atoms with Crippen LogP contribution in [-0.2, 0) is 11.2 Å². The first-order valence-corrected chi connectivity index (χ1v) is 10.4. The van der Waals surface area contributed by atoms with Gasteiger partial charge in [0.1, 0.15) is 5.58 Å². The van der Waals surface area contributed by atoms with Gasteiger partial charge in [0.2, 0.25) is 5.91 Å². The maximum absolute atomic E-state index is 12.4. The summed E-state index contributed by atoms with van der Waals surface area (Å²) in [5.41, 5.74) is 2.23. The number of fused-ring (bicyclic) bond motifs is 1. The Hall–Kier alpha value is -3.12. The van der Waals surface area contributed by atoms with Crippen LogP contribution < -0.4 is 10.6 Å². The molecule has 6 nitrogen and oxygen atoms in total. The zero-order valence-electron chi connectivity index (χ0n) is 17.8. The molecule has 0 fully saturated rings. The first kappa shape index (κ1) is 21.6. The van der Waals surface area contributed by atoms with Crippen LogP contribution in [0.3, 0.4) is 0 Å². The predicted molar refractivity (Wildman–Crippen MR) is 120 cm³/mol. The van der Waals surface area contributed by atoms with Crippen LogP contribution in [0.15, 0.2) is 59.0 Å². The van der Waals surface area contributed by atoms with E-state index in [4.69, 9.17) is 4.42 Å². The Bertz CT molecular complexity index is 957. The van der Waals surface area contributed by atoms with Crippen LogP contribution in [0.1, 0.15) is 36.9 Å². The summed E-state index contributed by atoms with van der Waals surface area (Å²) in [5.74, 6) is -0.0443. The van der Waals surface area contributed by atoms with Gasteiger partial charge in [0, 0.05) is 23.7 Å². The molecular formula is C24H29N3O3. The Morgan fingerprint density at radius 1 is 1.03 bits per heavy atom. The van der Waals surface area contributed by atoms with Gasteiger partial charge in [0.25, 0.3) is 5.91 Å². The minimum absolute atomic E-state index is 0.00642. The van der Waals surface area contributed by atoms with Gasteiger partial charge in [0.15, 0.2) is 5.76 Å². The maximum Gasteiger partial charge on any atom is 0.291 e. The third kappa shape index (κ3) is 5.48. The molecule has 2 amide bonds. The lowest BCUT2D eigenvalue weighted by Crippen LogP contribution is -2.42. The number of benzene rings is 2. The zero-order chi connectivity index (χ0) is 21.5. The average Bonchev–Trinajstić information content (AvgIpc) is 3.19. The van der Waals surface area contributed by atoms with Gasteiger partial charge >= 0.3 is 0 Å². The molecule has 0 radical (unpaired) electrons. The van der Waals surface area contributed by atoms with Crippen molar-refractivity contribution in [3.63, 3.8) is 0 Å². The van der Waals surface area contributed by atoms with Crippen molar-refractivity contribution in [2.75, 3.05) is 25.0 Å². The molecule has 0 saturated heterocycles. The molecule has 1 unspecified atom stereocenters. The standard InChI is InChI=1S/C24H29N3O3/c1-4-27(5-2)17(3)16-25-23(28)14-18-10-12-20(13-11-18)26-24(29)22-15-19-8-6-7-9-21(19)30-22/h6-13,15,17H,4-5,14,16H2,1-3H3,(H,25,28)(H,26,29). The zero-order valence-corrected chi connectivity index (χ0v) is 17.8. The summed E-state index contributed by atoms with van der Waals surface area (Å²) in [7, 11) is 0. The lowest BCUT2D eigenvalue weighted by atomic mass is 10.1. The molecule has 1 heterocycles. The van der Waals surface area contributed by atoms with Crippen molar-refractivity contribution in [2.24, 2.45) is 0 Å². The Balaban J connectivity index is 1.52. The van der Waals surface area contributed by atoms with Crippen molar-refractivity contribution >= 4 is 28.5 Å². The molecule has 3 aromatic rings. The summed E-state index contributed by atoms with van der Waals surface area (Å²) in [5, 5.41) is 6.71. The molecule has 2 aromatic carbocycles. The summed E-state index contributed by atoms with van der Waals surface area (Å²) < 4.78 is 5.59. The SMILES string of the molecule is CCN(CC)C(C)CNC(=O)Cc1ccc(NC(=O)c2cc3ccccc3o2)cc1. The van der Waals surface area contributed by atoms with Gasteiger partial charge in [-0.15, -0.1) is 0 Å². The van der Waals surface area contributed by atoms with E-state index in [0.29, 0.717) is 30.3 Å². The third-order valence-electron chi connectivity index (χ3n) is 5.26. The number of nitrogens with one attached hydrogen (secondary N) is 2. The fourth-order valence-electron chi connectivity index (χ4n) is 3.48. The van der Waals surface area contributed by atoms with E-state index >= 15 is 0 Å². The summed E-state index contributed by atoms with van der Waals surface area (Å²) >= 11 is 0. The Kier molecular flexibility index (Phi) is 7.25. The van der Waals surface area contributed by atoms with Crippen LogP contribution in [0.5, 0.6) is 0 Å². The Labute approximate surface area is 177 Å². The normalized spacial score (nSPS) is 12.1. The highest BCUT2D eigenvalue weighted by molar-refractivity contribution is 6.04. The topological polar surface area (TPSA) is 74.6 Å². The molecule has 6 heteroatoms. The number of carbonyl (C=O) groups excluding carboxylic acids is 2. The molecule has 0 aliphatic heterocycles. The van der Waals surface area contributed by atoms with Crippen LogP contribution in [0, 0.1) is 0 Å². The fraction of sp³-hybridized carbons (Fsp3) is 0.333. The van der Waals surface area contributed by atoms with Crippen LogP contribution in [-0.4, -0.2) is 42.4 Å². The highest BCUT2D eigenvalue weighted by Crippen LogP contribution is 2.20. The Morgan fingerprint density at radius 3 is 2.40 bits per heavy atom. The smallest absolute Gasteiger partial charge is 0.291 e. The second-order valence-electron chi connectivity index (χ2n) is 7.35. The minimum Gasteiger partial charge on any atom is -0.451 e. The van der Waals surface area contributed by atoms with E-state index in [1.807, 2.05) is 36.4 Å². The van der Waals surface area contributed by atoms with Crippen LogP contribution in [0.25, 0.3) is 11.0 Å². The molecule has 0 bridgehead atoms. The summed E-state index contributed by atoms with van der Waals surface area (Å²) in [6, 6.07) is 16.8. The summed E-state index contributed by atoms with van der Waals surface area (Å²) in [6.45, 7) is 8.93. The highest BCUT2D eigenvalue weighted by atomic mass is 16.3. The third-order valence-corrected chi connectivity index (χ3v) is 5.26. The van der Waals surface area contributed by atoms with Crippen molar-refractivity contribution in [1.82, 2.24) is 10.2 Å². The Morgan fingerprint density at radius 2 is 1.73 bits per heavy atom. The number of hydrogen-bond donors (Lipinski definition) is 2. The molecule has 158 valence electrons. The van der Waals surface area contributed by atoms with Crippen molar-refractivity contribution < 1.29 is 14.0 Å². The van der Waals surface area contributed by atoms with E-state index in [9.17, 15) is 9.59 Å². The van der Waals surface area contributed by atoms with E-state index in [1.54, 1.807) is 18.2 Å². The highest BCUT2D eigenvalue weighted by Gasteiger charge is 2.13. The van der Waals surface area contributed by atoms with Crippen LogP contribution >= 0.6 is 0 Å². The molecule has 3 rings (SSSR count). The monoisotopic (exact) mass is 407 g/mol. The number of para-hydroxylation sites is 1. The predicted octanol–water partition coefficient (Wildman–Crippen LogP) is 4.07. The number of anilines is 1. The van der Waals surface area contributed by atoms with Gasteiger partial charge in [-0.05, 0) is 49.8 Å². The number of furan rings is 1. The van der Waals surface area contributed by atoms with Crippen LogP contribution in [0.2, 0.25) is 0 Å². The lowest BCUT2D eigenvalue weighted by Gasteiger charge is -2.26. The van der Waals surface area contributed by atoms with Gasteiger partial charge in [-0.2, -0.15) is 0 Å². The number of nitrogens with zero attached hydrogens (tertiary/aromatic N) is 1. The van der Waals surface area contributed by atoms with Gasteiger partial charge < -0.3 is 15.1 Å². The van der Waals surface area contributed by atoms with Crippen molar-refractivity contribution in [1.29, 1.82) is 0 Å². The van der Waals surface area contributed by atoms with Crippen molar-refractivity contribution in [2.45, 2.75) is 33.2 Å². The van der Waals surface area contributed by atoms with Gasteiger partial charge in [-0.25, -0.2) is 0 Å². The fourth-order valence-corrected chi connectivity index (χ4v) is 3.48. The second kappa shape index (κ2) is 10.1. The molecule has 0 aliphatic rings. The molecule has 1 atom stereocenters. The van der Waals surface area contributed by atoms with Crippen molar-refractivity contribution in [3.8, 4) is 0 Å². The molecular weight excluding hydrogens is 378 g/mol. The number of carbonyl (C=O) groups is 2. The van der Waals surface area contributed by atoms with Gasteiger partial charge in [0.05, 0.1) is 6.42 Å². The van der Waals surface area contributed by atoms with E-state index in [-0.39, 0.29) is 17.6 Å². The van der Waals surface area contributed by atoms with E-state index < -0.39 is 0 Å². The minimum atomic E-state index is -0.304. The quantitative estimate of drug-likeness (QED) is 0.561. The first-order valence-electron chi connectivity index (χ1n) is 10.4. The van der Waals surface area contributed by atoms with E-state index in [0.717, 1.165) is 24.0 Å². The molecule has 0 saturated carbocycles. The van der Waals surface area contributed by atoms with Gasteiger partial charge in [-0.1, -0.05) is 44.2 Å². The number of rotatable bonds is 9. The van der Waals surface area contributed by atoms with Gasteiger partial charge in [-0.3, -0.25) is 14.5 Å².